The Kier molecular flexibility index (Phi) is 4.65. The van der Waals surface area contributed by atoms with Gasteiger partial charge in [0.1, 0.15) is 11.6 Å². The summed E-state index contributed by atoms with van der Waals surface area (Å²) in [6.45, 7) is 0.322. The molecular weight excluding hydrogens is 262 g/mol. The summed E-state index contributed by atoms with van der Waals surface area (Å²) >= 11 is 0. The highest BCUT2D eigenvalue weighted by atomic mass is 35.5. The van der Waals surface area contributed by atoms with E-state index in [1.54, 1.807) is 0 Å². The molecule has 1 aromatic carbocycles. The van der Waals surface area contributed by atoms with E-state index >= 15 is 0 Å². The summed E-state index contributed by atoms with van der Waals surface area (Å²) in [5.74, 6) is -2.12. The molecular formula is C12H15ClF2N2O. The average molecular weight is 277 g/mol. The summed E-state index contributed by atoms with van der Waals surface area (Å²) in [4.78, 5) is 11.6. The molecule has 6 heteroatoms. The van der Waals surface area contributed by atoms with E-state index in [0.717, 1.165) is 31.4 Å². The van der Waals surface area contributed by atoms with Gasteiger partial charge in [-0.05, 0) is 31.4 Å². The van der Waals surface area contributed by atoms with Gasteiger partial charge in [0.2, 0.25) is 0 Å². The molecule has 3 nitrogen and oxygen atoms in total. The Morgan fingerprint density at radius 1 is 1.39 bits per heavy atom. The minimum atomic E-state index is -0.859. The molecule has 1 saturated carbocycles. The van der Waals surface area contributed by atoms with Gasteiger partial charge in [-0.3, -0.25) is 4.79 Å². The van der Waals surface area contributed by atoms with E-state index in [-0.39, 0.29) is 23.5 Å². The van der Waals surface area contributed by atoms with Crippen LogP contribution in [0.3, 0.4) is 0 Å². The van der Waals surface area contributed by atoms with Gasteiger partial charge >= 0.3 is 0 Å². The van der Waals surface area contributed by atoms with Crippen molar-refractivity contribution in [2.45, 2.75) is 24.8 Å². The molecule has 100 valence electrons. The summed E-state index contributed by atoms with van der Waals surface area (Å²) in [5, 5.41) is 2.58. The van der Waals surface area contributed by atoms with E-state index in [2.05, 4.69) is 5.32 Å². The summed E-state index contributed by atoms with van der Waals surface area (Å²) in [6.07, 6.45) is 2.77. The van der Waals surface area contributed by atoms with Crippen LogP contribution in [0.1, 0.15) is 29.6 Å². The molecule has 1 amide bonds. The van der Waals surface area contributed by atoms with E-state index in [0.29, 0.717) is 12.6 Å². The maximum atomic E-state index is 13.3. The lowest BCUT2D eigenvalue weighted by Gasteiger charge is -2.38. The number of hydrogen-bond donors (Lipinski definition) is 2. The largest absolute Gasteiger partial charge is 0.350 e. The van der Waals surface area contributed by atoms with Crippen LogP contribution in [-0.2, 0) is 0 Å². The summed E-state index contributed by atoms with van der Waals surface area (Å²) in [7, 11) is 0. The first-order valence-corrected chi connectivity index (χ1v) is 5.52. The van der Waals surface area contributed by atoms with Gasteiger partial charge in [-0.1, -0.05) is 0 Å². The predicted octanol–water partition coefficient (Wildman–Crippen LogP) is 2.00. The van der Waals surface area contributed by atoms with Crippen LogP contribution in [0, 0.1) is 11.6 Å². The van der Waals surface area contributed by atoms with Crippen molar-refractivity contribution in [3.05, 3.63) is 35.4 Å². The van der Waals surface area contributed by atoms with E-state index < -0.39 is 17.5 Å². The van der Waals surface area contributed by atoms with E-state index in [1.807, 2.05) is 0 Å². The van der Waals surface area contributed by atoms with Crippen molar-refractivity contribution in [3.8, 4) is 0 Å². The van der Waals surface area contributed by atoms with Gasteiger partial charge in [-0.25, -0.2) is 8.78 Å². The van der Waals surface area contributed by atoms with Crippen molar-refractivity contribution < 1.29 is 13.6 Å². The number of amides is 1. The van der Waals surface area contributed by atoms with Crippen LogP contribution in [-0.4, -0.2) is 18.0 Å². The van der Waals surface area contributed by atoms with Crippen LogP contribution >= 0.6 is 12.4 Å². The molecule has 1 aliphatic rings. The van der Waals surface area contributed by atoms with Crippen LogP contribution in [0.2, 0.25) is 0 Å². The Morgan fingerprint density at radius 2 is 2.06 bits per heavy atom. The van der Waals surface area contributed by atoms with Crippen LogP contribution in [0.5, 0.6) is 0 Å². The molecule has 0 heterocycles. The van der Waals surface area contributed by atoms with Gasteiger partial charge in [-0.2, -0.15) is 0 Å². The number of nitrogens with two attached hydrogens (primary N) is 1. The van der Waals surface area contributed by atoms with Gasteiger partial charge in [0.05, 0.1) is 5.56 Å². The Hall–Kier alpha value is -1.20. The summed E-state index contributed by atoms with van der Waals surface area (Å²) < 4.78 is 25.9. The fraction of sp³-hybridized carbons (Fsp3) is 0.417. The van der Waals surface area contributed by atoms with Crippen molar-refractivity contribution in [2.24, 2.45) is 5.73 Å². The molecule has 0 spiro atoms. The highest BCUT2D eigenvalue weighted by Crippen LogP contribution is 2.28. The Balaban J connectivity index is 0.00000162. The summed E-state index contributed by atoms with van der Waals surface area (Å²) in [5.41, 5.74) is 5.41. The third kappa shape index (κ3) is 3.17. The Bertz CT molecular complexity index is 450. The lowest BCUT2D eigenvalue weighted by atomic mass is 9.78. The quantitative estimate of drug-likeness (QED) is 0.887. The minimum absolute atomic E-state index is 0. The maximum absolute atomic E-state index is 13.3. The molecule has 0 radical (unpaired) electrons. The monoisotopic (exact) mass is 276 g/mol. The number of halogens is 3. The van der Waals surface area contributed by atoms with E-state index in [1.165, 1.54) is 0 Å². The zero-order valence-corrected chi connectivity index (χ0v) is 10.5. The van der Waals surface area contributed by atoms with Gasteiger partial charge in [0.25, 0.3) is 5.91 Å². The predicted molar refractivity (Wildman–Crippen MR) is 66.7 cm³/mol. The zero-order valence-electron chi connectivity index (χ0n) is 9.71. The lowest BCUT2D eigenvalue weighted by molar-refractivity contribution is 0.0925. The van der Waals surface area contributed by atoms with Crippen molar-refractivity contribution >= 4 is 18.3 Å². The SMILES string of the molecule is Cl.NC1(CNC(=O)c2ccc(F)cc2F)CCC1. The number of nitrogens with one attached hydrogen (secondary N) is 1. The zero-order chi connectivity index (χ0) is 12.5. The molecule has 3 N–H and O–H groups in total. The average Bonchev–Trinajstić information content (AvgIpc) is 2.23. The third-order valence-electron chi connectivity index (χ3n) is 3.13. The molecule has 1 aromatic rings. The number of benzene rings is 1. The second-order valence-electron chi connectivity index (χ2n) is 4.52. The molecule has 1 fully saturated rings. The van der Waals surface area contributed by atoms with E-state index in [4.69, 9.17) is 5.73 Å². The molecule has 0 saturated heterocycles. The first-order chi connectivity index (χ1) is 8.00. The van der Waals surface area contributed by atoms with Gasteiger partial charge < -0.3 is 11.1 Å². The van der Waals surface area contributed by atoms with E-state index in [9.17, 15) is 13.6 Å². The van der Waals surface area contributed by atoms with Crippen molar-refractivity contribution in [1.82, 2.24) is 5.32 Å². The molecule has 0 bridgehead atoms. The summed E-state index contributed by atoms with van der Waals surface area (Å²) in [6, 6.07) is 2.87. The van der Waals surface area contributed by atoms with Gasteiger partial charge in [0, 0.05) is 18.2 Å². The smallest absolute Gasteiger partial charge is 0.254 e. The van der Waals surface area contributed by atoms with Crippen molar-refractivity contribution in [2.75, 3.05) is 6.54 Å². The number of carbonyl (C=O) groups excluding carboxylic acids is 1. The second kappa shape index (κ2) is 5.63. The molecule has 0 unspecified atom stereocenters. The number of carbonyl (C=O) groups is 1. The number of rotatable bonds is 3. The number of hydrogen-bond acceptors (Lipinski definition) is 2. The fourth-order valence-corrected chi connectivity index (χ4v) is 1.83. The minimum Gasteiger partial charge on any atom is -0.350 e. The molecule has 0 atom stereocenters. The van der Waals surface area contributed by atoms with Crippen LogP contribution < -0.4 is 11.1 Å². The first-order valence-electron chi connectivity index (χ1n) is 5.52. The first kappa shape index (κ1) is 14.9. The Morgan fingerprint density at radius 3 is 2.56 bits per heavy atom. The lowest BCUT2D eigenvalue weighted by Crippen LogP contribution is -2.55. The molecule has 2 rings (SSSR count). The molecule has 1 aliphatic carbocycles. The molecule has 0 aromatic heterocycles. The van der Waals surface area contributed by atoms with Gasteiger partial charge in [-0.15, -0.1) is 12.4 Å². The second-order valence-corrected chi connectivity index (χ2v) is 4.52. The molecule has 0 aliphatic heterocycles. The van der Waals surface area contributed by atoms with Crippen LogP contribution in [0.4, 0.5) is 8.78 Å². The highest BCUT2D eigenvalue weighted by molar-refractivity contribution is 5.94. The maximum Gasteiger partial charge on any atom is 0.254 e. The Labute approximate surface area is 110 Å². The fourth-order valence-electron chi connectivity index (χ4n) is 1.83. The van der Waals surface area contributed by atoms with Crippen LogP contribution in [0.25, 0.3) is 0 Å². The van der Waals surface area contributed by atoms with Gasteiger partial charge in [0.15, 0.2) is 0 Å². The normalized spacial score (nSPS) is 16.4. The standard InChI is InChI=1S/C12H14F2N2O.ClH/c13-8-2-3-9(10(14)6-8)11(17)16-7-12(15)4-1-5-12;/h2-3,6H,1,4-5,7,15H2,(H,16,17);1H. The van der Waals surface area contributed by atoms with Crippen molar-refractivity contribution in [3.63, 3.8) is 0 Å². The highest BCUT2D eigenvalue weighted by Gasteiger charge is 2.32. The third-order valence-corrected chi connectivity index (χ3v) is 3.13. The topological polar surface area (TPSA) is 55.1 Å². The van der Waals surface area contributed by atoms with Crippen molar-refractivity contribution in [1.29, 1.82) is 0 Å². The molecule has 18 heavy (non-hydrogen) atoms. The van der Waals surface area contributed by atoms with Crippen LogP contribution in [0.15, 0.2) is 18.2 Å².